The summed E-state index contributed by atoms with van der Waals surface area (Å²) in [5, 5.41) is 8.35. The van der Waals surface area contributed by atoms with Gasteiger partial charge < -0.3 is 5.73 Å². The van der Waals surface area contributed by atoms with Crippen molar-refractivity contribution in [2.24, 2.45) is 5.73 Å². The molecule has 0 amide bonds. The lowest BCUT2D eigenvalue weighted by Gasteiger charge is -2.08. The van der Waals surface area contributed by atoms with Crippen LogP contribution in [0.5, 0.6) is 0 Å². The molecule has 2 N–H and O–H groups in total. The quantitative estimate of drug-likeness (QED) is 0.720. The zero-order valence-corrected chi connectivity index (χ0v) is 6.44. The number of nitriles is 1. The molecule has 0 fully saturated rings. The van der Waals surface area contributed by atoms with Crippen molar-refractivity contribution >= 4 is 0 Å². The van der Waals surface area contributed by atoms with E-state index in [1.807, 2.05) is 0 Å². The minimum atomic E-state index is -1.39. The van der Waals surface area contributed by atoms with Gasteiger partial charge in [0, 0.05) is 0 Å². The molecule has 1 rings (SSSR count). The Morgan fingerprint density at radius 3 is 2.42 bits per heavy atom. The van der Waals surface area contributed by atoms with Crippen molar-refractivity contribution < 1.29 is 4.39 Å². The molecule has 0 heterocycles. The fourth-order valence-electron chi connectivity index (χ4n) is 0.910. The van der Waals surface area contributed by atoms with Crippen LogP contribution in [0, 0.1) is 11.3 Å². The van der Waals surface area contributed by atoms with Crippen LogP contribution in [0.25, 0.3) is 0 Å². The normalized spacial score (nSPS) is 14.8. The van der Waals surface area contributed by atoms with Gasteiger partial charge in [-0.05, 0) is 5.56 Å². The molecule has 0 aliphatic carbocycles. The van der Waals surface area contributed by atoms with Gasteiger partial charge in [-0.25, -0.2) is 4.39 Å². The third-order valence-corrected chi connectivity index (χ3v) is 1.58. The molecule has 0 radical (unpaired) electrons. The second-order valence-electron chi connectivity index (χ2n) is 2.47. The van der Waals surface area contributed by atoms with Crippen molar-refractivity contribution in [2.45, 2.75) is 12.2 Å². The maximum Gasteiger partial charge on any atom is 0.153 e. The van der Waals surface area contributed by atoms with E-state index in [9.17, 15) is 4.39 Å². The molecule has 0 unspecified atom stereocenters. The number of hydrogen-bond donors (Lipinski definition) is 1. The van der Waals surface area contributed by atoms with Gasteiger partial charge in [-0.2, -0.15) is 5.26 Å². The van der Waals surface area contributed by atoms with Gasteiger partial charge in [-0.1, -0.05) is 30.3 Å². The molecule has 1 aromatic rings. The van der Waals surface area contributed by atoms with Crippen molar-refractivity contribution in [1.29, 1.82) is 5.26 Å². The molecule has 2 nitrogen and oxygen atoms in total. The third kappa shape index (κ3) is 1.80. The van der Waals surface area contributed by atoms with Crippen LogP contribution in [0.2, 0.25) is 0 Å². The highest BCUT2D eigenvalue weighted by Gasteiger charge is 2.17. The second kappa shape index (κ2) is 3.84. The number of nitrogens with two attached hydrogens (primary N) is 1. The lowest BCUT2D eigenvalue weighted by atomic mass is 10.1. The first kappa shape index (κ1) is 8.69. The fourth-order valence-corrected chi connectivity index (χ4v) is 0.910. The summed E-state index contributed by atoms with van der Waals surface area (Å²) in [5.74, 6) is 0. The van der Waals surface area contributed by atoms with Crippen LogP contribution < -0.4 is 5.73 Å². The van der Waals surface area contributed by atoms with E-state index in [2.05, 4.69) is 0 Å². The molecule has 3 heteroatoms. The van der Waals surface area contributed by atoms with Crippen molar-refractivity contribution in [3.8, 4) is 6.07 Å². The van der Waals surface area contributed by atoms with Crippen LogP contribution in [0.4, 0.5) is 4.39 Å². The smallest absolute Gasteiger partial charge is 0.153 e. The predicted molar refractivity (Wildman–Crippen MR) is 43.9 cm³/mol. The second-order valence-corrected chi connectivity index (χ2v) is 2.47. The van der Waals surface area contributed by atoms with Crippen molar-refractivity contribution in [1.82, 2.24) is 0 Å². The SMILES string of the molecule is N#C[C@H](N)[C@@H](F)c1ccccc1. The Balaban J connectivity index is 2.80. The summed E-state index contributed by atoms with van der Waals surface area (Å²) in [7, 11) is 0. The van der Waals surface area contributed by atoms with E-state index < -0.39 is 12.2 Å². The average Bonchev–Trinajstić information content (AvgIpc) is 2.17. The van der Waals surface area contributed by atoms with E-state index in [0.717, 1.165) is 0 Å². The topological polar surface area (TPSA) is 49.8 Å². The van der Waals surface area contributed by atoms with E-state index in [1.54, 1.807) is 36.4 Å². The largest absolute Gasteiger partial charge is 0.313 e. The molecule has 0 saturated carbocycles. The van der Waals surface area contributed by atoms with Gasteiger partial charge >= 0.3 is 0 Å². The highest BCUT2D eigenvalue weighted by atomic mass is 19.1. The van der Waals surface area contributed by atoms with Gasteiger partial charge in [0.2, 0.25) is 0 Å². The van der Waals surface area contributed by atoms with Gasteiger partial charge in [-0.15, -0.1) is 0 Å². The van der Waals surface area contributed by atoms with Crippen molar-refractivity contribution in [3.63, 3.8) is 0 Å². The van der Waals surface area contributed by atoms with Gasteiger partial charge in [-0.3, -0.25) is 0 Å². The summed E-state index contributed by atoms with van der Waals surface area (Å²) in [6.07, 6.45) is -1.39. The van der Waals surface area contributed by atoms with Crippen LogP contribution in [0.15, 0.2) is 30.3 Å². The fraction of sp³-hybridized carbons (Fsp3) is 0.222. The number of rotatable bonds is 2. The van der Waals surface area contributed by atoms with Gasteiger partial charge in [0.05, 0.1) is 6.07 Å². The maximum absolute atomic E-state index is 13.2. The molecule has 0 saturated heterocycles. The third-order valence-electron chi connectivity index (χ3n) is 1.58. The summed E-state index contributed by atoms with van der Waals surface area (Å²) in [4.78, 5) is 0. The Kier molecular flexibility index (Phi) is 2.78. The summed E-state index contributed by atoms with van der Waals surface area (Å²) >= 11 is 0. The lowest BCUT2D eigenvalue weighted by molar-refractivity contribution is 0.320. The van der Waals surface area contributed by atoms with Crippen LogP contribution in [0.1, 0.15) is 11.7 Å². The number of hydrogen-bond acceptors (Lipinski definition) is 2. The summed E-state index contributed by atoms with van der Waals surface area (Å²) in [6, 6.07) is 9.03. The van der Waals surface area contributed by atoms with Crippen LogP contribution >= 0.6 is 0 Å². The molecule has 0 spiro atoms. The standard InChI is InChI=1S/C9H9FN2/c10-9(8(12)6-11)7-4-2-1-3-5-7/h1-5,8-9H,12H2/t8-,9-/m0/s1. The van der Waals surface area contributed by atoms with Crippen LogP contribution in [-0.2, 0) is 0 Å². The predicted octanol–water partition coefficient (Wildman–Crippen LogP) is 1.55. The Bertz CT molecular complexity index is 278. The first-order valence-corrected chi connectivity index (χ1v) is 3.60. The number of benzene rings is 1. The number of nitrogens with zero attached hydrogens (tertiary/aromatic N) is 1. The molecule has 0 bridgehead atoms. The zero-order valence-electron chi connectivity index (χ0n) is 6.44. The first-order chi connectivity index (χ1) is 5.75. The summed E-state index contributed by atoms with van der Waals surface area (Å²) in [6.45, 7) is 0. The van der Waals surface area contributed by atoms with E-state index >= 15 is 0 Å². The Hall–Kier alpha value is -1.40. The zero-order chi connectivity index (χ0) is 8.97. The molecule has 12 heavy (non-hydrogen) atoms. The molecule has 62 valence electrons. The van der Waals surface area contributed by atoms with Gasteiger partial charge in [0.1, 0.15) is 6.04 Å². The van der Waals surface area contributed by atoms with Gasteiger partial charge in [0.15, 0.2) is 6.17 Å². The van der Waals surface area contributed by atoms with E-state index in [1.165, 1.54) is 0 Å². The molecular weight excluding hydrogens is 155 g/mol. The molecule has 0 aliphatic heterocycles. The minimum absolute atomic E-state index is 0.451. The van der Waals surface area contributed by atoms with Gasteiger partial charge in [0.25, 0.3) is 0 Å². The highest BCUT2D eigenvalue weighted by molar-refractivity contribution is 5.20. The Morgan fingerprint density at radius 2 is 1.92 bits per heavy atom. The van der Waals surface area contributed by atoms with E-state index in [0.29, 0.717) is 5.56 Å². The Morgan fingerprint density at radius 1 is 1.33 bits per heavy atom. The molecule has 0 aromatic heterocycles. The van der Waals surface area contributed by atoms with Crippen LogP contribution in [-0.4, -0.2) is 6.04 Å². The maximum atomic E-state index is 13.2. The lowest BCUT2D eigenvalue weighted by Crippen LogP contribution is -2.23. The molecule has 0 aliphatic rings. The Labute approximate surface area is 70.4 Å². The monoisotopic (exact) mass is 164 g/mol. The van der Waals surface area contributed by atoms with Crippen molar-refractivity contribution in [3.05, 3.63) is 35.9 Å². The van der Waals surface area contributed by atoms with E-state index in [-0.39, 0.29) is 0 Å². The summed E-state index contributed by atoms with van der Waals surface area (Å²) < 4.78 is 13.2. The molecule has 1 aromatic carbocycles. The van der Waals surface area contributed by atoms with Crippen molar-refractivity contribution in [2.75, 3.05) is 0 Å². The highest BCUT2D eigenvalue weighted by Crippen LogP contribution is 2.18. The summed E-state index contributed by atoms with van der Waals surface area (Å²) in [5.41, 5.74) is 5.66. The molecular formula is C9H9FN2. The van der Waals surface area contributed by atoms with E-state index in [4.69, 9.17) is 11.0 Å². The number of alkyl halides is 1. The first-order valence-electron chi connectivity index (χ1n) is 3.60. The number of halogens is 1. The van der Waals surface area contributed by atoms with Crippen LogP contribution in [0.3, 0.4) is 0 Å². The average molecular weight is 164 g/mol. The molecule has 2 atom stereocenters. The minimum Gasteiger partial charge on any atom is -0.313 e.